The maximum absolute atomic E-state index is 12.1. The van der Waals surface area contributed by atoms with Gasteiger partial charge >= 0.3 is 5.97 Å². The average Bonchev–Trinajstić information content (AvgIpc) is 3.21. The van der Waals surface area contributed by atoms with Crippen LogP contribution < -0.4 is 4.74 Å². The van der Waals surface area contributed by atoms with Crippen LogP contribution in [0.25, 0.3) is 0 Å². The van der Waals surface area contributed by atoms with Crippen molar-refractivity contribution in [1.82, 2.24) is 5.01 Å². The van der Waals surface area contributed by atoms with E-state index in [1.165, 1.54) is 0 Å². The minimum absolute atomic E-state index is 0.255. The molecule has 0 N–H and O–H groups in total. The molecule has 1 heterocycles. The van der Waals surface area contributed by atoms with Crippen LogP contribution in [-0.2, 0) is 14.3 Å². The second-order valence-corrected chi connectivity index (χ2v) is 6.55. The average molecular weight is 374 g/mol. The lowest BCUT2D eigenvalue weighted by atomic mass is 10.0. The Bertz CT molecular complexity index is 653. The first-order chi connectivity index (χ1) is 13.1. The smallest absolute Gasteiger partial charge is 0.313 e. The summed E-state index contributed by atoms with van der Waals surface area (Å²) in [5, 5.41) is 6.63. The van der Waals surface area contributed by atoms with Crippen LogP contribution in [0.2, 0.25) is 0 Å². The van der Waals surface area contributed by atoms with E-state index in [1.807, 2.05) is 49.3 Å². The molecular formula is C21H30N2O4. The quantitative estimate of drug-likeness (QED) is 0.272. The highest BCUT2D eigenvalue weighted by molar-refractivity contribution is 5.87. The van der Waals surface area contributed by atoms with Crippen molar-refractivity contribution < 1.29 is 19.0 Å². The number of para-hydroxylation sites is 1. The van der Waals surface area contributed by atoms with Crippen LogP contribution in [0.3, 0.4) is 0 Å². The summed E-state index contributed by atoms with van der Waals surface area (Å²) in [7, 11) is 1.96. The summed E-state index contributed by atoms with van der Waals surface area (Å²) in [5.41, 5.74) is 1.68. The Hall–Kier alpha value is -2.34. The number of rotatable bonds is 10. The predicted octanol–water partition coefficient (Wildman–Crippen LogP) is 3.38. The van der Waals surface area contributed by atoms with E-state index in [9.17, 15) is 4.79 Å². The molecule has 1 aromatic rings. The van der Waals surface area contributed by atoms with Gasteiger partial charge in [0.25, 0.3) is 0 Å². The van der Waals surface area contributed by atoms with Gasteiger partial charge in [0, 0.05) is 25.6 Å². The molecular weight excluding hydrogens is 344 g/mol. The Kier molecular flexibility index (Phi) is 8.33. The molecule has 2 atom stereocenters. The van der Waals surface area contributed by atoms with Crippen LogP contribution in [0.4, 0.5) is 0 Å². The van der Waals surface area contributed by atoms with Gasteiger partial charge in [-0.3, -0.25) is 9.80 Å². The largest absolute Gasteiger partial charge is 0.487 e. The fourth-order valence-electron chi connectivity index (χ4n) is 2.94. The Balaban J connectivity index is 2.08. The molecule has 0 saturated carbocycles. The Morgan fingerprint density at radius 3 is 2.93 bits per heavy atom. The van der Waals surface area contributed by atoms with E-state index < -0.39 is 0 Å². The Morgan fingerprint density at radius 2 is 2.26 bits per heavy atom. The maximum Gasteiger partial charge on any atom is 0.313 e. The third-order valence-corrected chi connectivity index (χ3v) is 4.53. The first-order valence-electron chi connectivity index (χ1n) is 9.43. The summed E-state index contributed by atoms with van der Waals surface area (Å²) < 4.78 is 16.6. The van der Waals surface area contributed by atoms with E-state index in [1.54, 1.807) is 6.92 Å². The highest BCUT2D eigenvalue weighted by Gasteiger charge is 2.21. The summed E-state index contributed by atoms with van der Waals surface area (Å²) >= 11 is 0. The van der Waals surface area contributed by atoms with E-state index in [2.05, 4.69) is 11.7 Å². The van der Waals surface area contributed by atoms with Crippen molar-refractivity contribution in [3.8, 4) is 5.75 Å². The predicted molar refractivity (Wildman–Crippen MR) is 106 cm³/mol. The summed E-state index contributed by atoms with van der Waals surface area (Å²) in [4.78, 5) is 12.1. The summed E-state index contributed by atoms with van der Waals surface area (Å²) in [5.74, 6) is 0.0235. The van der Waals surface area contributed by atoms with Crippen LogP contribution in [0.5, 0.6) is 5.75 Å². The first-order valence-corrected chi connectivity index (χ1v) is 9.43. The fourth-order valence-corrected chi connectivity index (χ4v) is 2.94. The third kappa shape index (κ3) is 6.10. The van der Waals surface area contributed by atoms with Crippen LogP contribution in [0, 0.1) is 0 Å². The molecule has 0 bridgehead atoms. The van der Waals surface area contributed by atoms with Crippen molar-refractivity contribution in [3.63, 3.8) is 0 Å². The highest BCUT2D eigenvalue weighted by Crippen LogP contribution is 2.27. The molecule has 0 radical (unpaired) electrons. The second kappa shape index (κ2) is 10.7. The number of carbonyl (C=O) groups excluding carboxylic acids is 1. The molecule has 2 unspecified atom stereocenters. The number of allylic oxidation sites excluding steroid dienone is 1. The monoisotopic (exact) mass is 374 g/mol. The zero-order chi connectivity index (χ0) is 19.6. The molecule has 1 aliphatic heterocycles. The molecule has 2 rings (SSSR count). The van der Waals surface area contributed by atoms with Crippen molar-refractivity contribution >= 4 is 11.7 Å². The van der Waals surface area contributed by atoms with Gasteiger partial charge in [0.05, 0.1) is 30.9 Å². The first kappa shape index (κ1) is 21.0. The van der Waals surface area contributed by atoms with Gasteiger partial charge in [0.1, 0.15) is 12.4 Å². The van der Waals surface area contributed by atoms with Crippen LogP contribution >= 0.6 is 0 Å². The molecule has 1 aliphatic rings. The lowest BCUT2D eigenvalue weighted by Crippen LogP contribution is -2.29. The van der Waals surface area contributed by atoms with Crippen LogP contribution in [-0.4, -0.2) is 56.2 Å². The summed E-state index contributed by atoms with van der Waals surface area (Å²) in [6.45, 7) is 9.60. The van der Waals surface area contributed by atoms with Crippen molar-refractivity contribution in [2.45, 2.75) is 38.6 Å². The number of esters is 1. The number of benzene rings is 1. The number of nitrogens with zero attached hydrogens (tertiary/aromatic N) is 2. The van der Waals surface area contributed by atoms with Crippen LogP contribution in [0.15, 0.2) is 42.0 Å². The molecule has 0 aliphatic carbocycles. The molecule has 0 spiro atoms. The van der Waals surface area contributed by atoms with Crippen molar-refractivity contribution in [2.75, 3.05) is 33.5 Å². The number of hydrogen-bond donors (Lipinski definition) is 0. The SMILES string of the molecule is C=CC/C(COc1ccccc1C(C)C(=O)OCC)=N\N(C)C1CCOC1. The number of ether oxygens (including phenoxy) is 3. The lowest BCUT2D eigenvalue weighted by Gasteiger charge is -2.22. The van der Waals surface area contributed by atoms with Crippen LogP contribution in [0.1, 0.15) is 38.2 Å². The second-order valence-electron chi connectivity index (χ2n) is 6.55. The van der Waals surface area contributed by atoms with Crippen molar-refractivity contribution in [3.05, 3.63) is 42.5 Å². The van der Waals surface area contributed by atoms with E-state index in [0.717, 1.165) is 24.3 Å². The van der Waals surface area contributed by atoms with Gasteiger partial charge in [-0.15, -0.1) is 6.58 Å². The normalized spacial score (nSPS) is 18.0. The summed E-state index contributed by atoms with van der Waals surface area (Å²) in [6.07, 6.45) is 3.42. The maximum atomic E-state index is 12.1. The summed E-state index contributed by atoms with van der Waals surface area (Å²) in [6, 6.07) is 7.84. The minimum atomic E-state index is -0.390. The molecule has 6 heteroatoms. The topological polar surface area (TPSA) is 60.4 Å². The van der Waals surface area contributed by atoms with Crippen molar-refractivity contribution in [2.24, 2.45) is 5.10 Å². The third-order valence-electron chi connectivity index (χ3n) is 4.53. The molecule has 6 nitrogen and oxygen atoms in total. The number of likely N-dealkylation sites (N-methyl/N-ethyl adjacent to an activating group) is 1. The van der Waals surface area contributed by atoms with Gasteiger partial charge in [-0.25, -0.2) is 0 Å². The molecule has 27 heavy (non-hydrogen) atoms. The fraction of sp³-hybridized carbons (Fsp3) is 0.524. The standard InChI is InChI=1S/C21H30N2O4/c1-5-9-17(22-23(4)18-12-13-25-15-18)14-27-20-11-8-7-10-19(20)16(3)21(24)26-6-2/h5,7-8,10-11,16,18H,1,6,9,12-15H2,2-4H3/b22-17+. The van der Waals surface area contributed by atoms with Gasteiger partial charge in [0.15, 0.2) is 0 Å². The minimum Gasteiger partial charge on any atom is -0.487 e. The molecule has 1 saturated heterocycles. The highest BCUT2D eigenvalue weighted by atomic mass is 16.5. The molecule has 1 fully saturated rings. The van der Waals surface area contributed by atoms with E-state index >= 15 is 0 Å². The molecule has 148 valence electrons. The number of carbonyl (C=O) groups is 1. The van der Waals surface area contributed by atoms with Crippen molar-refractivity contribution in [1.29, 1.82) is 0 Å². The van der Waals surface area contributed by atoms with E-state index in [-0.39, 0.29) is 11.9 Å². The molecule has 1 aromatic carbocycles. The van der Waals surface area contributed by atoms with Gasteiger partial charge in [-0.2, -0.15) is 5.10 Å². The van der Waals surface area contributed by atoms with Gasteiger partial charge in [-0.1, -0.05) is 24.3 Å². The van der Waals surface area contributed by atoms with Gasteiger partial charge in [0.2, 0.25) is 0 Å². The zero-order valence-corrected chi connectivity index (χ0v) is 16.5. The zero-order valence-electron chi connectivity index (χ0n) is 16.5. The molecule has 0 amide bonds. The van der Waals surface area contributed by atoms with E-state index in [4.69, 9.17) is 14.2 Å². The number of hydrazone groups is 1. The Labute approximate surface area is 161 Å². The molecule has 0 aromatic heterocycles. The van der Waals surface area contributed by atoms with Gasteiger partial charge in [-0.05, 0) is 26.3 Å². The Morgan fingerprint density at radius 1 is 1.48 bits per heavy atom. The lowest BCUT2D eigenvalue weighted by molar-refractivity contribution is -0.144. The van der Waals surface area contributed by atoms with E-state index in [0.29, 0.717) is 38.0 Å². The van der Waals surface area contributed by atoms with Gasteiger partial charge < -0.3 is 14.2 Å². The number of hydrogen-bond acceptors (Lipinski definition) is 6.